The SMILES string of the molecule is Cc1nc(=O)n(CCNC(C)C2CC2)c(C)c1Br. The van der Waals surface area contributed by atoms with Gasteiger partial charge in [0.2, 0.25) is 0 Å². The van der Waals surface area contributed by atoms with E-state index in [9.17, 15) is 4.79 Å². The molecule has 1 aliphatic rings. The van der Waals surface area contributed by atoms with E-state index in [1.807, 2.05) is 13.8 Å². The first-order chi connectivity index (χ1) is 8.50. The first-order valence-electron chi connectivity index (χ1n) is 6.47. The number of aryl methyl sites for hydroxylation is 1. The molecule has 0 spiro atoms. The summed E-state index contributed by atoms with van der Waals surface area (Å²) in [5, 5.41) is 3.48. The molecule has 0 bridgehead atoms. The predicted molar refractivity (Wildman–Crippen MR) is 75.9 cm³/mol. The standard InChI is InChI=1S/C13H20BrN3O/c1-8(11-4-5-11)15-6-7-17-10(3)12(14)9(2)16-13(17)18/h8,11,15H,4-7H2,1-3H3. The molecule has 1 heterocycles. The fraction of sp³-hybridized carbons (Fsp3) is 0.692. The van der Waals surface area contributed by atoms with Crippen LogP contribution in [0.15, 0.2) is 9.27 Å². The monoisotopic (exact) mass is 313 g/mol. The van der Waals surface area contributed by atoms with Gasteiger partial charge >= 0.3 is 5.69 Å². The molecule has 4 nitrogen and oxygen atoms in total. The number of nitrogens with zero attached hydrogens (tertiary/aromatic N) is 2. The lowest BCUT2D eigenvalue weighted by Gasteiger charge is -2.15. The van der Waals surface area contributed by atoms with Gasteiger partial charge in [0.1, 0.15) is 0 Å². The summed E-state index contributed by atoms with van der Waals surface area (Å²) in [5.41, 5.74) is 1.55. The third kappa shape index (κ3) is 3.01. The lowest BCUT2D eigenvalue weighted by atomic mass is 10.2. The van der Waals surface area contributed by atoms with Crippen LogP contribution in [0.2, 0.25) is 0 Å². The number of halogens is 1. The van der Waals surface area contributed by atoms with Crippen LogP contribution in [0, 0.1) is 19.8 Å². The third-order valence-electron chi connectivity index (χ3n) is 3.67. The van der Waals surface area contributed by atoms with E-state index in [-0.39, 0.29) is 5.69 Å². The fourth-order valence-corrected chi connectivity index (χ4v) is 2.51. The molecule has 0 saturated heterocycles. The van der Waals surface area contributed by atoms with E-state index in [0.717, 1.165) is 28.3 Å². The highest BCUT2D eigenvalue weighted by molar-refractivity contribution is 9.10. The van der Waals surface area contributed by atoms with Crippen LogP contribution in [0.5, 0.6) is 0 Å². The highest BCUT2D eigenvalue weighted by atomic mass is 79.9. The Bertz CT molecular complexity index is 494. The first kappa shape index (κ1) is 13.7. The van der Waals surface area contributed by atoms with Gasteiger partial charge in [-0.3, -0.25) is 4.57 Å². The Morgan fingerprint density at radius 1 is 1.50 bits per heavy atom. The molecule has 1 aromatic heterocycles. The highest BCUT2D eigenvalue weighted by Gasteiger charge is 2.27. The molecule has 18 heavy (non-hydrogen) atoms. The minimum absolute atomic E-state index is 0.158. The van der Waals surface area contributed by atoms with Crippen molar-refractivity contribution in [2.45, 2.75) is 46.2 Å². The summed E-state index contributed by atoms with van der Waals surface area (Å²) in [6.07, 6.45) is 2.68. The molecule has 1 saturated carbocycles. The highest BCUT2D eigenvalue weighted by Crippen LogP contribution is 2.32. The van der Waals surface area contributed by atoms with Crippen LogP contribution in [-0.4, -0.2) is 22.1 Å². The molecule has 1 aliphatic carbocycles. The number of rotatable bonds is 5. The van der Waals surface area contributed by atoms with Gasteiger partial charge in [-0.25, -0.2) is 4.79 Å². The fourth-order valence-electron chi connectivity index (χ4n) is 2.21. The van der Waals surface area contributed by atoms with Crippen molar-refractivity contribution in [3.63, 3.8) is 0 Å². The Morgan fingerprint density at radius 3 is 2.78 bits per heavy atom. The number of hydrogen-bond acceptors (Lipinski definition) is 3. The lowest BCUT2D eigenvalue weighted by molar-refractivity contribution is 0.466. The molecule has 5 heteroatoms. The van der Waals surface area contributed by atoms with Gasteiger partial charge in [-0.1, -0.05) is 0 Å². The van der Waals surface area contributed by atoms with E-state index in [1.54, 1.807) is 4.57 Å². The van der Waals surface area contributed by atoms with Crippen molar-refractivity contribution in [3.8, 4) is 0 Å². The second kappa shape index (κ2) is 5.53. The maximum Gasteiger partial charge on any atom is 0.348 e. The van der Waals surface area contributed by atoms with E-state index < -0.39 is 0 Å². The smallest absolute Gasteiger partial charge is 0.312 e. The second-order valence-corrected chi connectivity index (χ2v) is 5.90. The Labute approximate surface area is 116 Å². The van der Waals surface area contributed by atoms with E-state index in [1.165, 1.54) is 12.8 Å². The maximum absolute atomic E-state index is 11.8. The average Bonchev–Trinajstić information content (AvgIpc) is 3.14. The molecule has 100 valence electrons. The van der Waals surface area contributed by atoms with Crippen LogP contribution in [0.1, 0.15) is 31.2 Å². The zero-order valence-electron chi connectivity index (χ0n) is 11.2. The van der Waals surface area contributed by atoms with Gasteiger partial charge in [0, 0.05) is 24.8 Å². The van der Waals surface area contributed by atoms with Gasteiger partial charge < -0.3 is 5.32 Å². The summed E-state index contributed by atoms with van der Waals surface area (Å²) in [6.45, 7) is 7.50. The molecule has 1 aromatic rings. The summed E-state index contributed by atoms with van der Waals surface area (Å²) in [4.78, 5) is 15.9. The predicted octanol–water partition coefficient (Wildman–Crippen LogP) is 2.01. The molecule has 1 N–H and O–H groups in total. The molecule has 0 radical (unpaired) electrons. The quantitative estimate of drug-likeness (QED) is 0.904. The minimum Gasteiger partial charge on any atom is -0.312 e. The topological polar surface area (TPSA) is 46.9 Å². The normalized spacial score (nSPS) is 16.9. The molecule has 2 rings (SSSR count). The summed E-state index contributed by atoms with van der Waals surface area (Å²) < 4.78 is 2.65. The Balaban J connectivity index is 2.00. The van der Waals surface area contributed by atoms with Crippen LogP contribution in [0.25, 0.3) is 0 Å². The third-order valence-corrected chi connectivity index (χ3v) is 4.81. The van der Waals surface area contributed by atoms with Crippen molar-refractivity contribution >= 4 is 15.9 Å². The summed E-state index contributed by atoms with van der Waals surface area (Å²) in [7, 11) is 0. The van der Waals surface area contributed by atoms with Gasteiger partial charge in [-0.2, -0.15) is 4.98 Å². The minimum atomic E-state index is -0.158. The van der Waals surface area contributed by atoms with E-state index in [4.69, 9.17) is 0 Å². The summed E-state index contributed by atoms with van der Waals surface area (Å²) in [6, 6.07) is 0.558. The number of aromatic nitrogens is 2. The maximum atomic E-state index is 11.8. The zero-order valence-corrected chi connectivity index (χ0v) is 12.7. The molecule has 1 fully saturated rings. The molecule has 0 aliphatic heterocycles. The van der Waals surface area contributed by atoms with Gasteiger partial charge in [0.25, 0.3) is 0 Å². The van der Waals surface area contributed by atoms with Crippen molar-refractivity contribution in [1.82, 2.24) is 14.9 Å². The number of hydrogen-bond donors (Lipinski definition) is 1. The van der Waals surface area contributed by atoms with Gasteiger partial charge in [-0.05, 0) is 55.5 Å². The molecule has 1 atom stereocenters. The van der Waals surface area contributed by atoms with E-state index >= 15 is 0 Å². The molecule has 0 amide bonds. The number of nitrogens with one attached hydrogen (secondary N) is 1. The van der Waals surface area contributed by atoms with Crippen molar-refractivity contribution in [2.75, 3.05) is 6.54 Å². The van der Waals surface area contributed by atoms with E-state index in [2.05, 4.69) is 33.2 Å². The average molecular weight is 314 g/mol. The molecule has 0 aromatic carbocycles. The molecular weight excluding hydrogens is 294 g/mol. The van der Waals surface area contributed by atoms with Crippen LogP contribution in [-0.2, 0) is 6.54 Å². The summed E-state index contributed by atoms with van der Waals surface area (Å²) >= 11 is 3.48. The molecule has 1 unspecified atom stereocenters. The lowest BCUT2D eigenvalue weighted by Crippen LogP contribution is -2.35. The van der Waals surface area contributed by atoms with E-state index in [0.29, 0.717) is 12.6 Å². The van der Waals surface area contributed by atoms with Crippen molar-refractivity contribution < 1.29 is 0 Å². The van der Waals surface area contributed by atoms with Gasteiger partial charge in [0.15, 0.2) is 0 Å². The van der Waals surface area contributed by atoms with Crippen molar-refractivity contribution in [2.24, 2.45) is 5.92 Å². The Hall–Kier alpha value is -0.680. The van der Waals surface area contributed by atoms with Crippen molar-refractivity contribution in [1.29, 1.82) is 0 Å². The molecular formula is C13H20BrN3O. The first-order valence-corrected chi connectivity index (χ1v) is 7.27. The second-order valence-electron chi connectivity index (χ2n) is 5.11. The Kier molecular flexibility index (Phi) is 4.22. The van der Waals surface area contributed by atoms with Gasteiger partial charge in [0.05, 0.1) is 10.2 Å². The van der Waals surface area contributed by atoms with Crippen LogP contribution >= 0.6 is 15.9 Å². The van der Waals surface area contributed by atoms with Crippen LogP contribution in [0.3, 0.4) is 0 Å². The zero-order chi connectivity index (χ0) is 13.3. The van der Waals surface area contributed by atoms with Crippen LogP contribution in [0.4, 0.5) is 0 Å². The van der Waals surface area contributed by atoms with Crippen LogP contribution < -0.4 is 11.0 Å². The Morgan fingerprint density at radius 2 is 2.17 bits per heavy atom. The summed E-state index contributed by atoms with van der Waals surface area (Å²) in [5.74, 6) is 0.839. The largest absolute Gasteiger partial charge is 0.348 e. The van der Waals surface area contributed by atoms with Gasteiger partial charge in [-0.15, -0.1) is 0 Å². The van der Waals surface area contributed by atoms with Crippen molar-refractivity contribution in [3.05, 3.63) is 26.3 Å².